The zero-order chi connectivity index (χ0) is 12.1. The molecule has 0 saturated carbocycles. The second kappa shape index (κ2) is 6.34. The standard InChI is InChI=1S/C13H19ClN2O/c1-15-12(9-10-4-7-17-8-5-10)13-11(14)3-2-6-16-13/h2-3,6,10,12,15H,4-5,7-9H2,1H3. The Bertz CT molecular complexity index is 353. The summed E-state index contributed by atoms with van der Waals surface area (Å²) in [7, 11) is 1.97. The topological polar surface area (TPSA) is 34.1 Å². The van der Waals surface area contributed by atoms with Crippen LogP contribution in [0.5, 0.6) is 0 Å². The molecule has 1 aliphatic heterocycles. The zero-order valence-electron chi connectivity index (χ0n) is 10.2. The third kappa shape index (κ3) is 3.41. The molecule has 0 amide bonds. The van der Waals surface area contributed by atoms with Gasteiger partial charge in [0.05, 0.1) is 16.8 Å². The van der Waals surface area contributed by atoms with Crippen LogP contribution in [-0.2, 0) is 4.74 Å². The number of rotatable bonds is 4. The first-order chi connectivity index (χ1) is 8.31. The minimum absolute atomic E-state index is 0.242. The first kappa shape index (κ1) is 12.8. The van der Waals surface area contributed by atoms with Gasteiger partial charge in [0.15, 0.2) is 0 Å². The van der Waals surface area contributed by atoms with Gasteiger partial charge in [0, 0.05) is 19.4 Å². The molecule has 1 N–H and O–H groups in total. The van der Waals surface area contributed by atoms with E-state index in [1.165, 1.54) is 0 Å². The Hall–Kier alpha value is -0.640. The van der Waals surface area contributed by atoms with Crippen LogP contribution in [0.25, 0.3) is 0 Å². The van der Waals surface area contributed by atoms with Gasteiger partial charge in [-0.3, -0.25) is 4.98 Å². The molecular formula is C13H19ClN2O. The van der Waals surface area contributed by atoms with Gasteiger partial charge >= 0.3 is 0 Å². The maximum Gasteiger partial charge on any atom is 0.0758 e. The Morgan fingerprint density at radius 1 is 1.53 bits per heavy atom. The summed E-state index contributed by atoms with van der Waals surface area (Å²) in [5.41, 5.74) is 0.961. The summed E-state index contributed by atoms with van der Waals surface area (Å²) in [4.78, 5) is 4.39. The van der Waals surface area contributed by atoms with Gasteiger partial charge in [0.2, 0.25) is 0 Å². The first-order valence-electron chi connectivity index (χ1n) is 6.16. The summed E-state index contributed by atoms with van der Waals surface area (Å²) in [6.45, 7) is 1.77. The van der Waals surface area contributed by atoms with Crippen LogP contribution in [-0.4, -0.2) is 25.2 Å². The van der Waals surface area contributed by atoms with Crippen molar-refractivity contribution in [3.63, 3.8) is 0 Å². The molecule has 1 fully saturated rings. The van der Waals surface area contributed by atoms with Gasteiger partial charge < -0.3 is 10.1 Å². The molecular weight excluding hydrogens is 236 g/mol. The molecule has 1 aliphatic rings. The van der Waals surface area contributed by atoms with E-state index in [2.05, 4.69) is 10.3 Å². The molecule has 1 aromatic rings. The fraction of sp³-hybridized carbons (Fsp3) is 0.615. The van der Waals surface area contributed by atoms with Crippen LogP contribution in [0.3, 0.4) is 0 Å². The van der Waals surface area contributed by atoms with E-state index in [4.69, 9.17) is 16.3 Å². The average Bonchev–Trinajstić information content (AvgIpc) is 2.38. The highest BCUT2D eigenvalue weighted by Gasteiger charge is 2.21. The second-order valence-corrected chi connectivity index (χ2v) is 4.91. The molecule has 3 nitrogen and oxygen atoms in total. The molecule has 2 heterocycles. The van der Waals surface area contributed by atoms with Crippen molar-refractivity contribution in [2.24, 2.45) is 5.92 Å². The largest absolute Gasteiger partial charge is 0.381 e. The van der Waals surface area contributed by atoms with Crippen LogP contribution < -0.4 is 5.32 Å². The fourth-order valence-corrected chi connectivity index (χ4v) is 2.59. The van der Waals surface area contributed by atoms with Gasteiger partial charge in [0.1, 0.15) is 0 Å². The van der Waals surface area contributed by atoms with E-state index in [-0.39, 0.29) is 6.04 Å². The van der Waals surface area contributed by atoms with Gasteiger partial charge in [-0.05, 0) is 44.4 Å². The van der Waals surface area contributed by atoms with Gasteiger partial charge in [-0.25, -0.2) is 0 Å². The summed E-state index contributed by atoms with van der Waals surface area (Å²) in [6.07, 6.45) is 5.16. The van der Waals surface area contributed by atoms with Crippen LogP contribution in [0.15, 0.2) is 18.3 Å². The molecule has 17 heavy (non-hydrogen) atoms. The number of hydrogen-bond acceptors (Lipinski definition) is 3. The SMILES string of the molecule is CNC(CC1CCOCC1)c1ncccc1Cl. The third-order valence-electron chi connectivity index (χ3n) is 3.38. The predicted molar refractivity (Wildman–Crippen MR) is 69.2 cm³/mol. The smallest absolute Gasteiger partial charge is 0.0758 e. The molecule has 0 bridgehead atoms. The number of ether oxygens (including phenoxy) is 1. The number of halogens is 1. The first-order valence-corrected chi connectivity index (χ1v) is 6.54. The van der Waals surface area contributed by atoms with Crippen molar-refractivity contribution in [3.8, 4) is 0 Å². The summed E-state index contributed by atoms with van der Waals surface area (Å²) >= 11 is 6.19. The lowest BCUT2D eigenvalue weighted by atomic mass is 9.91. The van der Waals surface area contributed by atoms with Gasteiger partial charge in [0.25, 0.3) is 0 Å². The fourth-order valence-electron chi connectivity index (χ4n) is 2.34. The summed E-state index contributed by atoms with van der Waals surface area (Å²) in [5, 5.41) is 4.07. The van der Waals surface area contributed by atoms with E-state index in [0.717, 1.165) is 43.2 Å². The van der Waals surface area contributed by atoms with E-state index in [9.17, 15) is 0 Å². The number of pyridine rings is 1. The molecule has 1 aromatic heterocycles. The molecule has 0 radical (unpaired) electrons. The van der Waals surface area contributed by atoms with E-state index < -0.39 is 0 Å². The minimum Gasteiger partial charge on any atom is -0.381 e. The summed E-state index contributed by atoms with van der Waals surface area (Å²) < 4.78 is 5.38. The lowest BCUT2D eigenvalue weighted by Gasteiger charge is -2.26. The van der Waals surface area contributed by atoms with Crippen LogP contribution >= 0.6 is 11.6 Å². The van der Waals surface area contributed by atoms with Gasteiger partial charge in [-0.15, -0.1) is 0 Å². The van der Waals surface area contributed by atoms with Gasteiger partial charge in [-0.1, -0.05) is 11.6 Å². The van der Waals surface area contributed by atoms with Crippen molar-refractivity contribution in [3.05, 3.63) is 29.0 Å². The highest BCUT2D eigenvalue weighted by molar-refractivity contribution is 6.31. The van der Waals surface area contributed by atoms with Crippen LogP contribution in [0.1, 0.15) is 31.0 Å². The molecule has 1 atom stereocenters. The number of nitrogens with one attached hydrogen (secondary N) is 1. The second-order valence-electron chi connectivity index (χ2n) is 4.50. The molecule has 94 valence electrons. The van der Waals surface area contributed by atoms with Crippen molar-refractivity contribution >= 4 is 11.6 Å². The summed E-state index contributed by atoms with van der Waals surface area (Å²) in [5.74, 6) is 0.708. The van der Waals surface area contributed by atoms with Crippen molar-refractivity contribution in [1.29, 1.82) is 0 Å². The number of nitrogens with zero attached hydrogens (tertiary/aromatic N) is 1. The Morgan fingerprint density at radius 2 is 2.29 bits per heavy atom. The minimum atomic E-state index is 0.242. The van der Waals surface area contributed by atoms with E-state index >= 15 is 0 Å². The van der Waals surface area contributed by atoms with Crippen molar-refractivity contribution in [2.45, 2.75) is 25.3 Å². The Morgan fingerprint density at radius 3 is 2.94 bits per heavy atom. The molecule has 2 rings (SSSR count). The van der Waals surface area contributed by atoms with Crippen LogP contribution in [0, 0.1) is 5.92 Å². The van der Waals surface area contributed by atoms with Crippen molar-refractivity contribution in [1.82, 2.24) is 10.3 Å². The molecule has 4 heteroatoms. The molecule has 0 spiro atoms. The van der Waals surface area contributed by atoms with E-state index in [1.54, 1.807) is 6.20 Å². The number of aromatic nitrogens is 1. The van der Waals surface area contributed by atoms with Crippen LogP contribution in [0.2, 0.25) is 5.02 Å². The van der Waals surface area contributed by atoms with Crippen LogP contribution in [0.4, 0.5) is 0 Å². The zero-order valence-corrected chi connectivity index (χ0v) is 10.9. The highest BCUT2D eigenvalue weighted by atomic mass is 35.5. The monoisotopic (exact) mass is 254 g/mol. The molecule has 1 saturated heterocycles. The quantitative estimate of drug-likeness (QED) is 0.897. The highest BCUT2D eigenvalue weighted by Crippen LogP contribution is 2.29. The predicted octanol–water partition coefficient (Wildman–Crippen LogP) is 2.81. The third-order valence-corrected chi connectivity index (χ3v) is 3.69. The number of hydrogen-bond donors (Lipinski definition) is 1. The van der Waals surface area contributed by atoms with E-state index in [1.807, 2.05) is 19.2 Å². The summed E-state index contributed by atoms with van der Waals surface area (Å²) in [6, 6.07) is 4.01. The maximum absolute atomic E-state index is 6.19. The molecule has 1 unspecified atom stereocenters. The molecule has 0 aliphatic carbocycles. The average molecular weight is 255 g/mol. The van der Waals surface area contributed by atoms with Crippen molar-refractivity contribution < 1.29 is 4.74 Å². The maximum atomic E-state index is 6.19. The lowest BCUT2D eigenvalue weighted by molar-refractivity contribution is 0.0606. The lowest BCUT2D eigenvalue weighted by Crippen LogP contribution is -2.24. The Kier molecular flexibility index (Phi) is 4.77. The molecule has 0 aromatic carbocycles. The Balaban J connectivity index is 2.03. The van der Waals surface area contributed by atoms with Gasteiger partial charge in [-0.2, -0.15) is 0 Å². The van der Waals surface area contributed by atoms with E-state index in [0.29, 0.717) is 5.92 Å². The Labute approximate surface area is 108 Å². The van der Waals surface area contributed by atoms with Crippen molar-refractivity contribution in [2.75, 3.05) is 20.3 Å². The normalized spacial score (nSPS) is 19.2.